The summed E-state index contributed by atoms with van der Waals surface area (Å²) < 4.78 is 0. The van der Waals surface area contributed by atoms with Crippen LogP contribution in [0.3, 0.4) is 0 Å². The van der Waals surface area contributed by atoms with Crippen LogP contribution in [0.5, 0.6) is 0 Å². The van der Waals surface area contributed by atoms with E-state index in [0.29, 0.717) is 6.04 Å². The molecule has 1 N–H and O–H groups in total. The van der Waals surface area contributed by atoms with Gasteiger partial charge in [-0.05, 0) is 20.3 Å². The third-order valence-corrected chi connectivity index (χ3v) is 1.87. The van der Waals surface area contributed by atoms with Crippen LogP contribution in [-0.4, -0.2) is 30.9 Å². The van der Waals surface area contributed by atoms with Crippen molar-refractivity contribution in [1.29, 1.82) is 0 Å². The average Bonchev–Trinajstić information content (AvgIpc) is 2.03. The summed E-state index contributed by atoms with van der Waals surface area (Å²) in [6.07, 6.45) is 2.67. The molecule has 0 aliphatic heterocycles. The van der Waals surface area contributed by atoms with Crippen molar-refractivity contribution in [3.05, 3.63) is 11.8 Å². The number of hydrogen-bond acceptors (Lipinski definition) is 2. The maximum absolute atomic E-state index is 11.2. The quantitative estimate of drug-likeness (QED) is 0.669. The number of carbonyl (C=O) groups is 1. The fraction of sp³-hybridized carbons (Fsp3) is 0.700. The zero-order valence-electron chi connectivity index (χ0n) is 9.22. The molecule has 0 aromatic carbocycles. The van der Waals surface area contributed by atoms with E-state index in [0.717, 1.165) is 12.1 Å². The Hall–Kier alpha value is -0.990. The average molecular weight is 184 g/mol. The molecule has 0 saturated heterocycles. The number of allylic oxidation sites excluding steroid dienone is 1. The molecule has 0 aliphatic carbocycles. The SMILES string of the molecule is CCC(C)N/C(C)=C/C(=O)N(C)C. The highest BCUT2D eigenvalue weighted by atomic mass is 16.2. The van der Waals surface area contributed by atoms with E-state index in [1.165, 1.54) is 0 Å². The molecule has 1 unspecified atom stereocenters. The van der Waals surface area contributed by atoms with Gasteiger partial charge in [-0.15, -0.1) is 0 Å². The van der Waals surface area contributed by atoms with Crippen molar-refractivity contribution in [3.8, 4) is 0 Å². The first-order valence-electron chi connectivity index (χ1n) is 4.63. The van der Waals surface area contributed by atoms with Gasteiger partial charge in [0.2, 0.25) is 5.91 Å². The summed E-state index contributed by atoms with van der Waals surface area (Å²) in [7, 11) is 3.49. The minimum atomic E-state index is 0.0216. The van der Waals surface area contributed by atoms with E-state index < -0.39 is 0 Å². The van der Waals surface area contributed by atoms with Gasteiger partial charge >= 0.3 is 0 Å². The summed E-state index contributed by atoms with van der Waals surface area (Å²) in [5, 5.41) is 3.23. The topological polar surface area (TPSA) is 32.3 Å². The van der Waals surface area contributed by atoms with Crippen LogP contribution in [0.15, 0.2) is 11.8 Å². The van der Waals surface area contributed by atoms with Gasteiger partial charge in [-0.1, -0.05) is 6.92 Å². The minimum absolute atomic E-state index is 0.0216. The summed E-state index contributed by atoms with van der Waals surface area (Å²) in [6.45, 7) is 6.11. The summed E-state index contributed by atoms with van der Waals surface area (Å²) in [5.41, 5.74) is 0.924. The molecular formula is C10H20N2O. The number of amides is 1. The molecule has 13 heavy (non-hydrogen) atoms. The van der Waals surface area contributed by atoms with Gasteiger partial charge in [-0.25, -0.2) is 0 Å². The first kappa shape index (κ1) is 12.0. The fourth-order valence-electron chi connectivity index (χ4n) is 0.847. The highest BCUT2D eigenvalue weighted by Gasteiger charge is 2.01. The van der Waals surface area contributed by atoms with Crippen LogP contribution >= 0.6 is 0 Å². The van der Waals surface area contributed by atoms with Gasteiger partial charge in [0.1, 0.15) is 0 Å². The Morgan fingerprint density at radius 2 is 2.08 bits per heavy atom. The van der Waals surface area contributed by atoms with Crippen LogP contribution in [0.4, 0.5) is 0 Å². The van der Waals surface area contributed by atoms with Crippen molar-refractivity contribution in [1.82, 2.24) is 10.2 Å². The van der Waals surface area contributed by atoms with E-state index in [9.17, 15) is 4.79 Å². The Bertz CT molecular complexity index is 197. The van der Waals surface area contributed by atoms with Gasteiger partial charge < -0.3 is 10.2 Å². The molecule has 0 spiro atoms. The molecule has 0 radical (unpaired) electrons. The fourth-order valence-corrected chi connectivity index (χ4v) is 0.847. The first-order chi connectivity index (χ1) is 5.97. The molecule has 1 amide bonds. The molecule has 0 rings (SSSR count). The molecule has 0 heterocycles. The van der Waals surface area contributed by atoms with Gasteiger partial charge in [0.15, 0.2) is 0 Å². The molecule has 0 saturated carbocycles. The van der Waals surface area contributed by atoms with Crippen molar-refractivity contribution in [2.75, 3.05) is 14.1 Å². The second-order valence-electron chi connectivity index (χ2n) is 3.51. The Morgan fingerprint density at radius 3 is 2.46 bits per heavy atom. The highest BCUT2D eigenvalue weighted by Crippen LogP contribution is 1.95. The lowest BCUT2D eigenvalue weighted by Gasteiger charge is -2.14. The van der Waals surface area contributed by atoms with E-state index >= 15 is 0 Å². The van der Waals surface area contributed by atoms with Gasteiger partial charge in [0, 0.05) is 31.9 Å². The zero-order chi connectivity index (χ0) is 10.4. The molecule has 0 aromatic heterocycles. The van der Waals surface area contributed by atoms with Crippen LogP contribution in [0.2, 0.25) is 0 Å². The maximum Gasteiger partial charge on any atom is 0.247 e. The molecular weight excluding hydrogens is 164 g/mol. The van der Waals surface area contributed by atoms with Crippen LogP contribution in [0.25, 0.3) is 0 Å². The third kappa shape index (κ3) is 5.28. The highest BCUT2D eigenvalue weighted by molar-refractivity contribution is 5.87. The lowest BCUT2D eigenvalue weighted by atomic mass is 10.2. The zero-order valence-corrected chi connectivity index (χ0v) is 9.22. The van der Waals surface area contributed by atoms with E-state index in [1.807, 2.05) is 6.92 Å². The first-order valence-corrected chi connectivity index (χ1v) is 4.63. The molecule has 1 atom stereocenters. The largest absolute Gasteiger partial charge is 0.386 e. The van der Waals surface area contributed by atoms with E-state index in [-0.39, 0.29) is 5.91 Å². The summed E-state index contributed by atoms with van der Waals surface area (Å²) in [4.78, 5) is 12.8. The Kier molecular flexibility index (Phi) is 5.19. The Balaban J connectivity index is 4.09. The van der Waals surface area contributed by atoms with Crippen molar-refractivity contribution in [2.45, 2.75) is 33.2 Å². The normalized spacial score (nSPS) is 13.8. The number of nitrogens with one attached hydrogen (secondary N) is 1. The summed E-state index contributed by atoms with van der Waals surface area (Å²) >= 11 is 0. The van der Waals surface area contributed by atoms with Crippen molar-refractivity contribution < 1.29 is 4.79 Å². The molecule has 0 aromatic rings. The lowest BCUT2D eigenvalue weighted by molar-refractivity contribution is -0.123. The van der Waals surface area contributed by atoms with Gasteiger partial charge in [0.25, 0.3) is 0 Å². The van der Waals surface area contributed by atoms with E-state index in [1.54, 1.807) is 25.1 Å². The van der Waals surface area contributed by atoms with Crippen molar-refractivity contribution >= 4 is 5.91 Å². The monoisotopic (exact) mass is 184 g/mol. The standard InChI is InChI=1S/C10H20N2O/c1-6-8(2)11-9(3)7-10(13)12(4)5/h7-8,11H,6H2,1-5H3/b9-7+. The Labute approximate surface area is 80.8 Å². The van der Waals surface area contributed by atoms with Gasteiger partial charge in [-0.3, -0.25) is 4.79 Å². The Morgan fingerprint density at radius 1 is 1.54 bits per heavy atom. The third-order valence-electron chi connectivity index (χ3n) is 1.87. The minimum Gasteiger partial charge on any atom is -0.386 e. The lowest BCUT2D eigenvalue weighted by Crippen LogP contribution is -2.26. The predicted octanol–water partition coefficient (Wildman–Crippen LogP) is 1.37. The molecule has 3 nitrogen and oxygen atoms in total. The number of carbonyl (C=O) groups excluding carboxylic acids is 1. The number of rotatable bonds is 4. The second kappa shape index (κ2) is 5.62. The number of likely N-dealkylation sites (N-methyl/N-ethyl adjacent to an activating group) is 1. The van der Waals surface area contributed by atoms with Crippen LogP contribution in [0.1, 0.15) is 27.2 Å². The second-order valence-corrected chi connectivity index (χ2v) is 3.51. The smallest absolute Gasteiger partial charge is 0.247 e. The van der Waals surface area contributed by atoms with Crippen molar-refractivity contribution in [3.63, 3.8) is 0 Å². The van der Waals surface area contributed by atoms with E-state index in [2.05, 4.69) is 19.2 Å². The van der Waals surface area contributed by atoms with Gasteiger partial charge in [-0.2, -0.15) is 0 Å². The molecule has 76 valence electrons. The summed E-state index contributed by atoms with van der Waals surface area (Å²) in [5.74, 6) is 0.0216. The van der Waals surface area contributed by atoms with Crippen LogP contribution in [-0.2, 0) is 4.79 Å². The molecule has 0 bridgehead atoms. The molecule has 0 aliphatic rings. The number of hydrogen-bond donors (Lipinski definition) is 1. The van der Waals surface area contributed by atoms with E-state index in [4.69, 9.17) is 0 Å². The molecule has 3 heteroatoms. The van der Waals surface area contributed by atoms with Crippen molar-refractivity contribution in [2.24, 2.45) is 0 Å². The molecule has 0 fully saturated rings. The maximum atomic E-state index is 11.2. The van der Waals surface area contributed by atoms with Crippen LogP contribution < -0.4 is 5.32 Å². The predicted molar refractivity (Wildman–Crippen MR) is 55.3 cm³/mol. The van der Waals surface area contributed by atoms with Gasteiger partial charge in [0.05, 0.1) is 0 Å². The number of nitrogens with zero attached hydrogens (tertiary/aromatic N) is 1. The van der Waals surface area contributed by atoms with Crippen LogP contribution in [0, 0.1) is 0 Å². The summed E-state index contributed by atoms with van der Waals surface area (Å²) in [6, 6.07) is 0.422.